The number of terminal acetylenes is 1. The molecule has 4 amide bonds. The van der Waals surface area contributed by atoms with Crippen LogP contribution >= 0.6 is 0 Å². The second-order valence-electron chi connectivity index (χ2n) is 10.5. The van der Waals surface area contributed by atoms with Gasteiger partial charge in [-0.3, -0.25) is 14.4 Å². The molecule has 214 valence electrons. The Balaban J connectivity index is 2.49. The number of nitrogens with one attached hydrogen (secondary N) is 2. The number of rotatable bonds is 13. The molecule has 40 heavy (non-hydrogen) atoms. The van der Waals surface area contributed by atoms with Crippen LogP contribution in [0.5, 0.6) is 0 Å². The van der Waals surface area contributed by atoms with E-state index in [0.717, 1.165) is 18.4 Å². The van der Waals surface area contributed by atoms with Crippen molar-refractivity contribution in [2.24, 2.45) is 5.73 Å². The number of ether oxygens (including phenoxy) is 1. The summed E-state index contributed by atoms with van der Waals surface area (Å²) in [5.41, 5.74) is 6.66. The summed E-state index contributed by atoms with van der Waals surface area (Å²) in [5, 5.41) is 5.41. The van der Waals surface area contributed by atoms with Crippen molar-refractivity contribution < 1.29 is 23.9 Å². The molecule has 0 heterocycles. The third-order valence-electron chi connectivity index (χ3n) is 5.94. The average molecular weight is 549 g/mol. The molecule has 2 aromatic rings. The Bertz CT molecular complexity index is 1180. The third kappa shape index (κ3) is 10.4. The summed E-state index contributed by atoms with van der Waals surface area (Å²) in [5.74, 6) is 0.721. The maximum absolute atomic E-state index is 14.0. The van der Waals surface area contributed by atoms with Crippen molar-refractivity contribution in [3.05, 3.63) is 71.3 Å². The van der Waals surface area contributed by atoms with E-state index in [2.05, 4.69) is 16.6 Å². The Labute approximate surface area is 236 Å². The third-order valence-corrected chi connectivity index (χ3v) is 5.94. The number of benzene rings is 2. The van der Waals surface area contributed by atoms with Crippen LogP contribution in [-0.4, -0.2) is 46.9 Å². The SMILES string of the molecule is C#Cc1ccc(C(C(=O)NCc2ccccc2)N(CCCCC)C(=O)C(CC(N)=O)NC(=O)OC(C)(C)C)cc1. The van der Waals surface area contributed by atoms with Gasteiger partial charge >= 0.3 is 6.09 Å². The Hall–Kier alpha value is -4.32. The molecule has 0 bridgehead atoms. The van der Waals surface area contributed by atoms with Gasteiger partial charge in [-0.05, 0) is 50.5 Å². The second-order valence-corrected chi connectivity index (χ2v) is 10.5. The molecule has 0 aliphatic heterocycles. The molecule has 0 radical (unpaired) electrons. The predicted octanol–water partition coefficient (Wildman–Crippen LogP) is 3.81. The molecule has 0 aromatic heterocycles. The quantitative estimate of drug-likeness (QED) is 0.259. The van der Waals surface area contributed by atoms with Crippen LogP contribution < -0.4 is 16.4 Å². The molecule has 2 aromatic carbocycles. The molecule has 0 aliphatic carbocycles. The summed E-state index contributed by atoms with van der Waals surface area (Å²) in [7, 11) is 0. The summed E-state index contributed by atoms with van der Waals surface area (Å²) >= 11 is 0. The van der Waals surface area contributed by atoms with E-state index >= 15 is 0 Å². The van der Waals surface area contributed by atoms with Crippen molar-refractivity contribution in [2.45, 2.75) is 77.6 Å². The van der Waals surface area contributed by atoms with E-state index in [0.29, 0.717) is 17.5 Å². The van der Waals surface area contributed by atoms with Gasteiger partial charge in [-0.1, -0.05) is 68.2 Å². The van der Waals surface area contributed by atoms with Crippen LogP contribution in [-0.2, 0) is 25.7 Å². The van der Waals surface area contributed by atoms with E-state index in [9.17, 15) is 19.2 Å². The number of hydrogen-bond acceptors (Lipinski definition) is 5. The first kappa shape index (κ1) is 31.9. The van der Waals surface area contributed by atoms with Gasteiger partial charge in [0.25, 0.3) is 0 Å². The van der Waals surface area contributed by atoms with Crippen molar-refractivity contribution >= 4 is 23.8 Å². The van der Waals surface area contributed by atoms with Gasteiger partial charge in [-0.25, -0.2) is 4.79 Å². The minimum absolute atomic E-state index is 0.207. The zero-order chi connectivity index (χ0) is 29.7. The zero-order valence-electron chi connectivity index (χ0n) is 23.7. The smallest absolute Gasteiger partial charge is 0.408 e. The van der Waals surface area contributed by atoms with E-state index in [1.165, 1.54) is 4.90 Å². The summed E-state index contributed by atoms with van der Waals surface area (Å²) < 4.78 is 5.31. The van der Waals surface area contributed by atoms with Gasteiger partial charge in [0.1, 0.15) is 17.7 Å². The number of nitrogens with two attached hydrogens (primary N) is 1. The normalized spacial score (nSPS) is 12.4. The van der Waals surface area contributed by atoms with E-state index in [4.69, 9.17) is 16.9 Å². The lowest BCUT2D eigenvalue weighted by atomic mass is 10.00. The lowest BCUT2D eigenvalue weighted by Crippen LogP contribution is -2.54. The maximum atomic E-state index is 14.0. The molecular formula is C31H40N4O5. The van der Waals surface area contributed by atoms with Gasteiger partial charge in [0.05, 0.1) is 6.42 Å². The van der Waals surface area contributed by atoms with Gasteiger partial charge in [0, 0.05) is 18.7 Å². The Morgan fingerprint density at radius 1 is 1.02 bits per heavy atom. The Morgan fingerprint density at radius 3 is 2.23 bits per heavy atom. The first-order chi connectivity index (χ1) is 18.9. The minimum Gasteiger partial charge on any atom is -0.444 e. The number of unbranched alkanes of at least 4 members (excludes halogenated alkanes) is 2. The molecular weight excluding hydrogens is 508 g/mol. The van der Waals surface area contributed by atoms with Crippen LogP contribution in [0.15, 0.2) is 54.6 Å². The van der Waals surface area contributed by atoms with Gasteiger partial charge in [0.15, 0.2) is 0 Å². The van der Waals surface area contributed by atoms with Crippen LogP contribution in [0.2, 0.25) is 0 Å². The van der Waals surface area contributed by atoms with Gasteiger partial charge in [-0.15, -0.1) is 6.42 Å². The van der Waals surface area contributed by atoms with Crippen molar-refractivity contribution in [3.63, 3.8) is 0 Å². The summed E-state index contributed by atoms with van der Waals surface area (Å²) in [6.07, 6.45) is 6.47. The van der Waals surface area contributed by atoms with Gasteiger partial charge < -0.3 is 26.0 Å². The molecule has 0 aliphatic rings. The zero-order valence-corrected chi connectivity index (χ0v) is 23.7. The Morgan fingerprint density at radius 2 is 1.68 bits per heavy atom. The first-order valence-electron chi connectivity index (χ1n) is 13.4. The van der Waals surface area contributed by atoms with E-state index in [1.807, 2.05) is 37.3 Å². The second kappa shape index (κ2) is 15.3. The molecule has 0 spiro atoms. The number of alkyl carbamates (subject to hydrolysis) is 1. The van der Waals surface area contributed by atoms with Crippen LogP contribution in [0.25, 0.3) is 0 Å². The Kier molecular flexibility index (Phi) is 12.2. The summed E-state index contributed by atoms with van der Waals surface area (Å²) in [4.78, 5) is 53.7. The van der Waals surface area contributed by atoms with Gasteiger partial charge in [0.2, 0.25) is 17.7 Å². The molecule has 0 saturated carbocycles. The molecule has 9 heteroatoms. The lowest BCUT2D eigenvalue weighted by molar-refractivity contribution is -0.143. The molecule has 2 rings (SSSR count). The van der Waals surface area contributed by atoms with Crippen molar-refractivity contribution in [1.82, 2.24) is 15.5 Å². The molecule has 2 unspecified atom stereocenters. The minimum atomic E-state index is -1.33. The number of amides is 4. The fourth-order valence-corrected chi connectivity index (χ4v) is 4.07. The van der Waals surface area contributed by atoms with Crippen LogP contribution in [0.3, 0.4) is 0 Å². The van der Waals surface area contributed by atoms with E-state index < -0.39 is 47.9 Å². The van der Waals surface area contributed by atoms with Crippen molar-refractivity contribution in [3.8, 4) is 12.3 Å². The monoisotopic (exact) mass is 548 g/mol. The fraction of sp³-hybridized carbons (Fsp3) is 0.419. The topological polar surface area (TPSA) is 131 Å². The van der Waals surface area contributed by atoms with Gasteiger partial charge in [-0.2, -0.15) is 0 Å². The predicted molar refractivity (Wildman–Crippen MR) is 154 cm³/mol. The number of primary amides is 1. The van der Waals surface area contributed by atoms with Crippen LogP contribution in [0, 0.1) is 12.3 Å². The number of nitrogens with zero attached hydrogens (tertiary/aromatic N) is 1. The van der Waals surface area contributed by atoms with Crippen molar-refractivity contribution in [1.29, 1.82) is 0 Å². The van der Waals surface area contributed by atoms with E-state index in [1.54, 1.807) is 45.0 Å². The molecule has 9 nitrogen and oxygen atoms in total. The largest absolute Gasteiger partial charge is 0.444 e. The fourth-order valence-electron chi connectivity index (χ4n) is 4.07. The number of hydrogen-bond donors (Lipinski definition) is 3. The number of carbonyl (C=O) groups excluding carboxylic acids is 4. The van der Waals surface area contributed by atoms with Crippen molar-refractivity contribution in [2.75, 3.05) is 6.54 Å². The van der Waals surface area contributed by atoms with Crippen LogP contribution in [0.4, 0.5) is 4.79 Å². The average Bonchev–Trinajstić information content (AvgIpc) is 2.90. The highest BCUT2D eigenvalue weighted by Gasteiger charge is 2.36. The number of carbonyl (C=O) groups is 4. The first-order valence-corrected chi connectivity index (χ1v) is 13.4. The highest BCUT2D eigenvalue weighted by Crippen LogP contribution is 2.25. The lowest BCUT2D eigenvalue weighted by Gasteiger charge is -2.34. The van der Waals surface area contributed by atoms with Crippen LogP contribution in [0.1, 0.15) is 76.1 Å². The maximum Gasteiger partial charge on any atom is 0.408 e. The molecule has 0 fully saturated rings. The highest BCUT2D eigenvalue weighted by molar-refractivity contribution is 5.94. The molecule has 4 N–H and O–H groups in total. The van der Waals surface area contributed by atoms with E-state index in [-0.39, 0.29) is 13.1 Å². The molecule has 2 atom stereocenters. The highest BCUT2D eigenvalue weighted by atomic mass is 16.6. The standard InChI is InChI=1S/C31H40N4O5/c1-6-8-12-19-35(29(38)25(20-26(32)36)34-30(39)40-31(3,4)5)27(24-17-15-22(7-2)16-18-24)28(37)33-21-23-13-10-9-11-14-23/h2,9-11,13-18,25,27H,6,8,12,19-21H2,1,3-5H3,(H2,32,36)(H,33,37)(H,34,39). The summed E-state index contributed by atoms with van der Waals surface area (Å²) in [6, 6.07) is 13.8. The molecule has 0 saturated heterocycles. The summed E-state index contributed by atoms with van der Waals surface area (Å²) in [6.45, 7) is 7.52.